The standard InChI is InChI=1S/C20H13F2I3O7S/c21-20(22,33(28,29)30)9-31-18(26)13-5-10-3-1-2-4-11(10)6-14(13)19(27)32-17-15(24)7-12(23)8-16(17)25/h1-4,7-8H,5-6,9H2,(H,28,29,30)/p-1. The second-order valence-electron chi connectivity index (χ2n) is 6.84. The third kappa shape index (κ3) is 6.21. The molecule has 176 valence electrons. The Bertz CT molecular complexity index is 1250. The fraction of sp³-hybridized carbons (Fsp3) is 0.200. The Labute approximate surface area is 228 Å². The lowest BCUT2D eigenvalue weighted by molar-refractivity contribution is -0.145. The number of alkyl halides is 2. The van der Waals surface area contributed by atoms with Crippen molar-refractivity contribution in [2.24, 2.45) is 0 Å². The topological polar surface area (TPSA) is 110 Å². The molecule has 0 amide bonds. The monoisotopic (exact) mass is 815 g/mol. The highest BCUT2D eigenvalue weighted by molar-refractivity contribution is 14.1. The van der Waals surface area contributed by atoms with Crippen molar-refractivity contribution in [2.45, 2.75) is 18.1 Å². The van der Waals surface area contributed by atoms with Crippen LogP contribution in [0, 0.1) is 10.7 Å². The first-order valence-electron chi connectivity index (χ1n) is 8.96. The highest BCUT2D eigenvalue weighted by Gasteiger charge is 2.40. The molecule has 0 fully saturated rings. The van der Waals surface area contributed by atoms with Gasteiger partial charge in [-0.05, 0) is 91.0 Å². The second kappa shape index (κ2) is 10.4. The molecule has 0 N–H and O–H groups in total. The molecule has 2 aromatic rings. The molecule has 1 aliphatic rings. The first-order valence-corrected chi connectivity index (χ1v) is 13.6. The van der Waals surface area contributed by atoms with Crippen molar-refractivity contribution in [1.82, 2.24) is 0 Å². The molecule has 0 unspecified atom stereocenters. The van der Waals surface area contributed by atoms with Crippen molar-refractivity contribution in [1.29, 1.82) is 0 Å². The summed E-state index contributed by atoms with van der Waals surface area (Å²) in [5.41, 5.74) is 1.06. The fourth-order valence-corrected chi connectivity index (χ4v) is 6.98. The highest BCUT2D eigenvalue weighted by Crippen LogP contribution is 2.33. The predicted octanol–water partition coefficient (Wildman–Crippen LogP) is 4.18. The van der Waals surface area contributed by atoms with Gasteiger partial charge in [-0.1, -0.05) is 24.3 Å². The molecule has 0 aliphatic heterocycles. The van der Waals surface area contributed by atoms with Gasteiger partial charge in [-0.25, -0.2) is 18.0 Å². The molecule has 0 radical (unpaired) electrons. The highest BCUT2D eigenvalue weighted by atomic mass is 127. The number of hydrogen-bond acceptors (Lipinski definition) is 7. The molecule has 0 spiro atoms. The maximum absolute atomic E-state index is 13.5. The summed E-state index contributed by atoms with van der Waals surface area (Å²) in [5, 5.41) is -4.80. The van der Waals surface area contributed by atoms with E-state index in [9.17, 15) is 31.3 Å². The van der Waals surface area contributed by atoms with E-state index in [2.05, 4.69) is 27.3 Å². The van der Waals surface area contributed by atoms with E-state index in [1.165, 1.54) is 0 Å². The fourth-order valence-electron chi connectivity index (χ4n) is 2.98. The Kier molecular flexibility index (Phi) is 8.38. The summed E-state index contributed by atoms with van der Waals surface area (Å²) in [6.07, 6.45) is -0.136. The van der Waals surface area contributed by atoms with Gasteiger partial charge in [-0.2, -0.15) is 8.78 Å². The van der Waals surface area contributed by atoms with Crippen LogP contribution in [0.5, 0.6) is 5.75 Å². The van der Waals surface area contributed by atoms with Gasteiger partial charge in [-0.3, -0.25) is 0 Å². The Morgan fingerprint density at radius 3 is 1.94 bits per heavy atom. The van der Waals surface area contributed by atoms with Gasteiger partial charge in [0.05, 0.1) is 18.3 Å². The lowest BCUT2D eigenvalue weighted by Crippen LogP contribution is -2.35. The molecule has 13 heteroatoms. The maximum Gasteiger partial charge on any atom is 0.367 e. The summed E-state index contributed by atoms with van der Waals surface area (Å²) in [5.74, 6) is -1.91. The van der Waals surface area contributed by atoms with Crippen LogP contribution in [0.3, 0.4) is 0 Å². The first kappa shape index (κ1) is 26.7. The molecule has 0 saturated heterocycles. The van der Waals surface area contributed by atoms with Gasteiger partial charge < -0.3 is 14.0 Å². The van der Waals surface area contributed by atoms with Crippen molar-refractivity contribution >= 4 is 89.8 Å². The number of carbonyl (C=O) groups is 2. The van der Waals surface area contributed by atoms with E-state index in [1.54, 1.807) is 36.4 Å². The molecule has 0 aromatic heterocycles. The Balaban J connectivity index is 1.95. The van der Waals surface area contributed by atoms with Gasteiger partial charge in [0, 0.05) is 16.4 Å². The lowest BCUT2D eigenvalue weighted by atomic mass is 9.86. The summed E-state index contributed by atoms with van der Waals surface area (Å²) in [6.45, 7) is -1.96. The van der Waals surface area contributed by atoms with E-state index in [1.807, 2.05) is 45.2 Å². The molecular formula is C20H12F2I3O7S-. The number of esters is 2. The van der Waals surface area contributed by atoms with E-state index in [0.717, 1.165) is 9.13 Å². The van der Waals surface area contributed by atoms with Crippen LogP contribution in [0.2, 0.25) is 0 Å². The molecular weight excluding hydrogens is 803 g/mol. The van der Waals surface area contributed by atoms with Crippen LogP contribution in [-0.2, 0) is 37.3 Å². The van der Waals surface area contributed by atoms with E-state index in [0.29, 0.717) is 12.7 Å². The molecule has 1 aliphatic carbocycles. The van der Waals surface area contributed by atoms with Crippen LogP contribution < -0.4 is 4.74 Å². The van der Waals surface area contributed by atoms with Crippen LogP contribution in [0.15, 0.2) is 47.5 Å². The number of ether oxygens (including phenoxy) is 2. The number of hydrogen-bond donors (Lipinski definition) is 0. The molecule has 2 aromatic carbocycles. The second-order valence-corrected chi connectivity index (χ2v) is 11.9. The van der Waals surface area contributed by atoms with Gasteiger partial charge in [0.2, 0.25) is 0 Å². The lowest BCUT2D eigenvalue weighted by Gasteiger charge is -2.23. The summed E-state index contributed by atoms with van der Waals surface area (Å²) in [6, 6.07) is 10.5. The van der Waals surface area contributed by atoms with Crippen molar-refractivity contribution in [3.63, 3.8) is 0 Å². The first-order chi connectivity index (χ1) is 15.3. The quantitative estimate of drug-likeness (QED) is 0.187. The average Bonchev–Trinajstić information content (AvgIpc) is 2.72. The van der Waals surface area contributed by atoms with E-state index >= 15 is 0 Å². The number of benzene rings is 2. The minimum absolute atomic E-state index is 0.0206. The van der Waals surface area contributed by atoms with E-state index in [4.69, 9.17) is 4.74 Å². The Morgan fingerprint density at radius 2 is 1.45 bits per heavy atom. The van der Waals surface area contributed by atoms with Crippen LogP contribution in [0.4, 0.5) is 8.78 Å². The number of rotatable bonds is 6. The zero-order valence-corrected chi connectivity index (χ0v) is 23.5. The van der Waals surface area contributed by atoms with Gasteiger partial charge in [0.15, 0.2) is 22.5 Å². The normalized spacial score (nSPS) is 14.0. The molecule has 3 rings (SSSR count). The summed E-state index contributed by atoms with van der Waals surface area (Å²) < 4.78 is 71.2. The zero-order chi connectivity index (χ0) is 24.6. The molecule has 33 heavy (non-hydrogen) atoms. The van der Waals surface area contributed by atoms with Gasteiger partial charge in [-0.15, -0.1) is 0 Å². The van der Waals surface area contributed by atoms with Crippen molar-refractivity contribution < 1.29 is 40.8 Å². The molecule has 0 heterocycles. The Morgan fingerprint density at radius 1 is 0.970 bits per heavy atom. The number of fused-ring (bicyclic) bond motifs is 1. The zero-order valence-electron chi connectivity index (χ0n) is 16.2. The molecule has 7 nitrogen and oxygen atoms in total. The van der Waals surface area contributed by atoms with Crippen molar-refractivity contribution in [2.75, 3.05) is 6.61 Å². The average molecular weight is 815 g/mol. The number of carbonyl (C=O) groups excluding carboxylic acids is 2. The van der Waals surface area contributed by atoms with E-state index in [-0.39, 0.29) is 29.7 Å². The van der Waals surface area contributed by atoms with Gasteiger partial charge in [0.1, 0.15) is 0 Å². The summed E-state index contributed by atoms with van der Waals surface area (Å²) in [4.78, 5) is 25.7. The van der Waals surface area contributed by atoms with Crippen molar-refractivity contribution in [3.8, 4) is 5.75 Å². The SMILES string of the molecule is O=C(OCC(F)(F)S(=O)(=O)[O-])C1=C(C(=O)Oc2c(I)cc(I)cc2I)Cc2ccccc2C1. The molecule has 0 atom stereocenters. The van der Waals surface area contributed by atoms with Crippen LogP contribution in [0.25, 0.3) is 0 Å². The molecule has 0 bridgehead atoms. The molecule has 0 saturated carbocycles. The van der Waals surface area contributed by atoms with Crippen LogP contribution >= 0.6 is 67.8 Å². The van der Waals surface area contributed by atoms with E-state index < -0.39 is 33.9 Å². The summed E-state index contributed by atoms with van der Waals surface area (Å²) in [7, 11) is -6.03. The maximum atomic E-state index is 13.5. The minimum Gasteiger partial charge on any atom is -0.743 e. The Hall–Kier alpha value is -0.920. The van der Waals surface area contributed by atoms with Crippen molar-refractivity contribution in [3.05, 3.63) is 69.4 Å². The third-order valence-electron chi connectivity index (χ3n) is 4.60. The predicted molar refractivity (Wildman–Crippen MR) is 137 cm³/mol. The van der Waals surface area contributed by atoms with Gasteiger partial charge in [0.25, 0.3) is 0 Å². The van der Waals surface area contributed by atoms with Crippen LogP contribution in [0.1, 0.15) is 11.1 Å². The van der Waals surface area contributed by atoms with Crippen LogP contribution in [-0.4, -0.2) is 36.8 Å². The summed E-state index contributed by atoms with van der Waals surface area (Å²) >= 11 is 6.11. The largest absolute Gasteiger partial charge is 0.743 e. The third-order valence-corrected chi connectivity index (χ3v) is 7.68. The smallest absolute Gasteiger partial charge is 0.367 e. The van der Waals surface area contributed by atoms with Gasteiger partial charge >= 0.3 is 17.2 Å². The minimum atomic E-state index is -6.03. The number of halogens is 5.